The van der Waals surface area contributed by atoms with Gasteiger partial charge in [-0.25, -0.2) is 12.8 Å². The molecular weight excluding hydrogens is 685 g/mol. The van der Waals surface area contributed by atoms with Crippen LogP contribution in [0.3, 0.4) is 0 Å². The van der Waals surface area contributed by atoms with Crippen molar-refractivity contribution in [2.45, 2.75) is 50.6 Å². The third-order valence-corrected chi connectivity index (χ3v) is 9.80. The van der Waals surface area contributed by atoms with Crippen LogP contribution in [0.5, 0.6) is 5.75 Å². The van der Waals surface area contributed by atoms with Crippen LogP contribution < -0.4 is 14.4 Å². The minimum atomic E-state index is -4.35. The van der Waals surface area contributed by atoms with Gasteiger partial charge in [0, 0.05) is 24.0 Å². The van der Waals surface area contributed by atoms with E-state index in [0.29, 0.717) is 18.9 Å². The molecule has 4 rings (SSSR count). The first-order valence-corrected chi connectivity index (χ1v) is 17.7. The Balaban J connectivity index is 1.78. The molecule has 47 heavy (non-hydrogen) atoms. The molecule has 0 heterocycles. The number of rotatable bonds is 16. The fourth-order valence-corrected chi connectivity index (χ4v) is 6.66. The van der Waals surface area contributed by atoms with Gasteiger partial charge < -0.3 is 15.0 Å². The molecule has 0 spiro atoms. The molecule has 0 unspecified atom stereocenters. The lowest BCUT2D eigenvalue weighted by atomic mass is 10.0. The highest BCUT2D eigenvalue weighted by Crippen LogP contribution is 2.27. The number of sulfonamides is 1. The van der Waals surface area contributed by atoms with Gasteiger partial charge in [0.25, 0.3) is 10.0 Å². The first-order chi connectivity index (χ1) is 22.6. The number of nitrogens with one attached hydrogen (secondary N) is 1. The second kappa shape index (κ2) is 17.1. The van der Waals surface area contributed by atoms with Crippen molar-refractivity contribution in [1.29, 1.82) is 0 Å². The fourth-order valence-electron chi connectivity index (χ4n) is 4.98. The van der Waals surface area contributed by atoms with E-state index in [9.17, 15) is 22.4 Å². The lowest BCUT2D eigenvalue weighted by Crippen LogP contribution is -2.53. The van der Waals surface area contributed by atoms with E-state index in [1.807, 2.05) is 68.4 Å². The zero-order valence-electron chi connectivity index (χ0n) is 26.4. The molecule has 4 aromatic carbocycles. The summed E-state index contributed by atoms with van der Waals surface area (Å²) >= 11 is 3.44. The van der Waals surface area contributed by atoms with Crippen molar-refractivity contribution in [1.82, 2.24) is 10.2 Å². The number of unbranched alkanes of at least 4 members (excludes halogenated alkanes) is 1. The van der Waals surface area contributed by atoms with Crippen molar-refractivity contribution in [3.05, 3.63) is 125 Å². The van der Waals surface area contributed by atoms with Crippen molar-refractivity contribution < 1.29 is 27.1 Å². The van der Waals surface area contributed by atoms with Crippen molar-refractivity contribution in [2.75, 3.05) is 24.0 Å². The smallest absolute Gasteiger partial charge is 0.264 e. The average Bonchev–Trinajstić information content (AvgIpc) is 3.07. The van der Waals surface area contributed by atoms with Gasteiger partial charge >= 0.3 is 0 Å². The normalized spacial score (nSPS) is 11.8. The van der Waals surface area contributed by atoms with Gasteiger partial charge in [-0.2, -0.15) is 0 Å². The summed E-state index contributed by atoms with van der Waals surface area (Å²) in [6.07, 6.45) is 1.87. The van der Waals surface area contributed by atoms with Crippen LogP contribution in [0, 0.1) is 5.82 Å². The van der Waals surface area contributed by atoms with E-state index in [0.717, 1.165) is 57.0 Å². The summed E-state index contributed by atoms with van der Waals surface area (Å²) in [6, 6.07) is 26.6. The maximum Gasteiger partial charge on any atom is 0.264 e. The van der Waals surface area contributed by atoms with Crippen LogP contribution in [0.4, 0.5) is 10.1 Å². The Kier molecular flexibility index (Phi) is 12.9. The largest absolute Gasteiger partial charge is 0.494 e. The Morgan fingerprint density at radius 2 is 1.53 bits per heavy atom. The van der Waals surface area contributed by atoms with E-state index in [4.69, 9.17) is 4.74 Å². The van der Waals surface area contributed by atoms with Gasteiger partial charge in [0.15, 0.2) is 0 Å². The molecule has 2 amide bonds. The molecule has 8 nitrogen and oxygen atoms in total. The summed E-state index contributed by atoms with van der Waals surface area (Å²) in [6.45, 7) is 4.16. The third-order valence-electron chi connectivity index (χ3n) is 7.48. The Hall–Kier alpha value is -4.22. The Morgan fingerprint density at radius 1 is 0.872 bits per heavy atom. The molecule has 0 fully saturated rings. The van der Waals surface area contributed by atoms with Gasteiger partial charge in [-0.3, -0.25) is 13.9 Å². The topological polar surface area (TPSA) is 96.0 Å². The first kappa shape index (κ1) is 35.6. The summed E-state index contributed by atoms with van der Waals surface area (Å²) in [5.41, 5.74) is 1.82. The summed E-state index contributed by atoms with van der Waals surface area (Å²) < 4.78 is 49.4. The Labute approximate surface area is 284 Å². The number of amides is 2. The monoisotopic (exact) mass is 723 g/mol. The van der Waals surface area contributed by atoms with E-state index in [1.165, 1.54) is 4.90 Å². The van der Waals surface area contributed by atoms with Crippen LogP contribution >= 0.6 is 15.9 Å². The fraction of sp³-hybridized carbons (Fsp3) is 0.278. The molecular formula is C36H39BrFN3O5S. The standard InChI is InChI=1S/C36H39BrFN3O5S/c1-3-5-23-39-36(43)34(24-27-9-7-6-8-10-27)40(25-28-11-13-29(37)14-12-28)35(42)26-41(31-17-19-32(20-18-31)46-4-2)47(44,45)33-21-15-30(38)16-22-33/h6-22,34H,3-5,23-26H2,1-2H3,(H,39,43)/t34-/m0/s1. The lowest BCUT2D eigenvalue weighted by molar-refractivity contribution is -0.140. The average molecular weight is 725 g/mol. The number of ether oxygens (including phenoxy) is 1. The van der Waals surface area contributed by atoms with Crippen LogP contribution in [0.15, 0.2) is 112 Å². The van der Waals surface area contributed by atoms with Crippen LogP contribution in [0.25, 0.3) is 0 Å². The van der Waals surface area contributed by atoms with Gasteiger partial charge in [-0.1, -0.05) is 71.7 Å². The molecule has 0 radical (unpaired) electrons. The van der Waals surface area contributed by atoms with Crippen molar-refractivity contribution in [2.24, 2.45) is 0 Å². The highest BCUT2D eigenvalue weighted by atomic mass is 79.9. The van der Waals surface area contributed by atoms with E-state index in [2.05, 4.69) is 21.2 Å². The third kappa shape index (κ3) is 9.89. The molecule has 0 saturated carbocycles. The molecule has 0 aliphatic heterocycles. The molecule has 0 aromatic heterocycles. The number of benzene rings is 4. The number of nitrogens with zero attached hydrogens (tertiary/aromatic N) is 2. The van der Waals surface area contributed by atoms with Gasteiger partial charge in [0.1, 0.15) is 24.2 Å². The van der Waals surface area contributed by atoms with Gasteiger partial charge in [0.2, 0.25) is 11.8 Å². The van der Waals surface area contributed by atoms with Crippen LogP contribution in [0.2, 0.25) is 0 Å². The first-order valence-electron chi connectivity index (χ1n) is 15.5. The van der Waals surface area contributed by atoms with Crippen LogP contribution in [-0.2, 0) is 32.6 Å². The SMILES string of the molecule is CCCCNC(=O)[C@H](Cc1ccccc1)N(Cc1ccc(Br)cc1)C(=O)CN(c1ccc(OCC)cc1)S(=O)(=O)c1ccc(F)cc1. The summed E-state index contributed by atoms with van der Waals surface area (Å²) in [5.74, 6) is -0.975. The number of anilines is 1. The Morgan fingerprint density at radius 3 is 2.15 bits per heavy atom. The maximum atomic E-state index is 14.5. The predicted molar refractivity (Wildman–Crippen MR) is 185 cm³/mol. The highest BCUT2D eigenvalue weighted by molar-refractivity contribution is 9.10. The highest BCUT2D eigenvalue weighted by Gasteiger charge is 2.34. The second-order valence-electron chi connectivity index (χ2n) is 10.9. The predicted octanol–water partition coefficient (Wildman–Crippen LogP) is 6.74. The van der Waals surface area contributed by atoms with Gasteiger partial charge in [-0.15, -0.1) is 0 Å². The van der Waals surface area contributed by atoms with Crippen LogP contribution in [0.1, 0.15) is 37.8 Å². The maximum absolute atomic E-state index is 14.5. The van der Waals surface area contributed by atoms with E-state index >= 15 is 0 Å². The minimum Gasteiger partial charge on any atom is -0.494 e. The van der Waals surface area contributed by atoms with Gasteiger partial charge in [-0.05, 0) is 85.1 Å². The van der Waals surface area contributed by atoms with E-state index in [1.54, 1.807) is 24.3 Å². The molecule has 0 aliphatic carbocycles. The molecule has 11 heteroatoms. The molecule has 1 atom stereocenters. The molecule has 248 valence electrons. The summed E-state index contributed by atoms with van der Waals surface area (Å²) in [5, 5.41) is 2.98. The number of hydrogen-bond acceptors (Lipinski definition) is 5. The molecule has 1 N–H and O–H groups in total. The van der Waals surface area contributed by atoms with Crippen molar-refractivity contribution in [3.63, 3.8) is 0 Å². The van der Waals surface area contributed by atoms with E-state index in [-0.39, 0.29) is 29.5 Å². The lowest BCUT2D eigenvalue weighted by Gasteiger charge is -2.34. The zero-order chi connectivity index (χ0) is 33.8. The minimum absolute atomic E-state index is 0.0541. The number of carbonyl (C=O) groups excluding carboxylic acids is 2. The number of halogens is 2. The molecule has 0 aliphatic rings. The molecule has 0 saturated heterocycles. The quantitative estimate of drug-likeness (QED) is 0.129. The van der Waals surface area contributed by atoms with Crippen molar-refractivity contribution >= 4 is 43.5 Å². The summed E-state index contributed by atoms with van der Waals surface area (Å²) in [7, 11) is -4.35. The van der Waals surface area contributed by atoms with Crippen molar-refractivity contribution in [3.8, 4) is 5.75 Å². The van der Waals surface area contributed by atoms with E-state index < -0.39 is 34.3 Å². The van der Waals surface area contributed by atoms with Crippen LogP contribution in [-0.4, -0.2) is 50.9 Å². The number of carbonyl (C=O) groups is 2. The Bertz CT molecular complexity index is 1700. The molecule has 4 aromatic rings. The number of hydrogen-bond donors (Lipinski definition) is 1. The molecule has 0 bridgehead atoms. The zero-order valence-corrected chi connectivity index (χ0v) is 28.8. The second-order valence-corrected chi connectivity index (χ2v) is 13.7. The van der Waals surface area contributed by atoms with Gasteiger partial charge in [0.05, 0.1) is 17.2 Å². The summed E-state index contributed by atoms with van der Waals surface area (Å²) in [4.78, 5) is 29.6.